The number of carbonyl (C=O) groups is 2. The molecule has 3 rings (SSSR count). The predicted octanol–water partition coefficient (Wildman–Crippen LogP) is -0.710. The van der Waals surface area contributed by atoms with Crippen molar-refractivity contribution in [3.8, 4) is 0 Å². The second-order valence-electron chi connectivity index (χ2n) is 4.61. The minimum absolute atomic E-state index is 0.0246. The first kappa shape index (κ1) is 13.4. The number of nitrogens with one attached hydrogen (secondary N) is 1. The van der Waals surface area contributed by atoms with Gasteiger partial charge in [-0.15, -0.1) is 0 Å². The summed E-state index contributed by atoms with van der Waals surface area (Å²) in [5, 5.41) is 7.88. The highest BCUT2D eigenvalue weighted by atomic mass is 16.5. The molecule has 2 aromatic heterocycles. The third kappa shape index (κ3) is 2.31. The molecule has 1 fully saturated rings. The van der Waals surface area contributed by atoms with Crippen LogP contribution in [0, 0.1) is 0 Å². The Bertz CT molecular complexity index is 709. The van der Waals surface area contributed by atoms with Gasteiger partial charge in [-0.25, -0.2) is 9.97 Å². The lowest BCUT2D eigenvalue weighted by molar-refractivity contribution is -0.159. The van der Waals surface area contributed by atoms with Gasteiger partial charge in [0.25, 0.3) is 11.8 Å². The van der Waals surface area contributed by atoms with E-state index in [1.165, 1.54) is 0 Å². The summed E-state index contributed by atoms with van der Waals surface area (Å²) in [7, 11) is 3.51. The van der Waals surface area contributed by atoms with Crippen molar-refractivity contribution < 1.29 is 14.3 Å². The van der Waals surface area contributed by atoms with Crippen molar-refractivity contribution in [3.63, 3.8) is 0 Å². The number of nitrogens with zero attached hydrogens (tertiary/aromatic N) is 5. The van der Waals surface area contributed by atoms with E-state index in [1.54, 1.807) is 25.0 Å². The summed E-state index contributed by atoms with van der Waals surface area (Å²) in [5.41, 5.74) is 0.637. The summed E-state index contributed by atoms with van der Waals surface area (Å²) in [5.74, 6) is 0.215. The van der Waals surface area contributed by atoms with Crippen molar-refractivity contribution in [1.82, 2.24) is 24.6 Å². The number of rotatable bonds is 3. The van der Waals surface area contributed by atoms with E-state index in [-0.39, 0.29) is 31.6 Å². The number of imide groups is 1. The van der Waals surface area contributed by atoms with E-state index in [9.17, 15) is 9.59 Å². The topological polar surface area (TPSA) is 102 Å². The van der Waals surface area contributed by atoms with Crippen LogP contribution in [0.15, 0.2) is 6.20 Å². The monoisotopic (exact) mass is 290 g/mol. The summed E-state index contributed by atoms with van der Waals surface area (Å²) in [4.78, 5) is 33.3. The molecule has 1 aliphatic heterocycles. The number of ether oxygens (including phenoxy) is 1. The molecule has 1 N–H and O–H groups in total. The lowest BCUT2D eigenvalue weighted by Gasteiger charge is -2.24. The van der Waals surface area contributed by atoms with Crippen LogP contribution in [-0.4, -0.2) is 56.7 Å². The predicted molar refractivity (Wildman–Crippen MR) is 72.2 cm³/mol. The van der Waals surface area contributed by atoms with Crippen LogP contribution >= 0.6 is 0 Å². The number of aromatic nitrogens is 4. The van der Waals surface area contributed by atoms with Crippen LogP contribution in [0.5, 0.6) is 0 Å². The van der Waals surface area contributed by atoms with E-state index >= 15 is 0 Å². The summed E-state index contributed by atoms with van der Waals surface area (Å²) < 4.78 is 6.49. The third-order valence-corrected chi connectivity index (χ3v) is 3.23. The van der Waals surface area contributed by atoms with Gasteiger partial charge in [0.05, 0.1) is 18.1 Å². The van der Waals surface area contributed by atoms with Gasteiger partial charge in [0, 0.05) is 14.1 Å². The molecule has 9 heteroatoms. The van der Waals surface area contributed by atoms with Crippen LogP contribution in [0.4, 0.5) is 5.82 Å². The molecule has 0 radical (unpaired) electrons. The van der Waals surface area contributed by atoms with Gasteiger partial charge in [-0.3, -0.25) is 19.2 Å². The van der Waals surface area contributed by atoms with Gasteiger partial charge in [-0.05, 0) is 0 Å². The summed E-state index contributed by atoms with van der Waals surface area (Å²) in [6.07, 6.45) is 1.66. The molecule has 0 aliphatic carbocycles. The summed E-state index contributed by atoms with van der Waals surface area (Å²) >= 11 is 0. The zero-order valence-corrected chi connectivity index (χ0v) is 11.7. The van der Waals surface area contributed by atoms with Crippen molar-refractivity contribution in [1.29, 1.82) is 0 Å². The zero-order chi connectivity index (χ0) is 15.0. The van der Waals surface area contributed by atoms with E-state index < -0.39 is 0 Å². The van der Waals surface area contributed by atoms with Gasteiger partial charge in [0.15, 0.2) is 11.5 Å². The number of hydrogen-bond donors (Lipinski definition) is 1. The Balaban J connectivity index is 1.98. The maximum atomic E-state index is 11.7. The fraction of sp³-hybridized carbons (Fsp3) is 0.417. The van der Waals surface area contributed by atoms with Crippen LogP contribution in [0.3, 0.4) is 0 Å². The normalized spacial score (nSPS) is 15.8. The molecule has 0 unspecified atom stereocenters. The SMILES string of the molecule is CNc1nc(CN2C(=O)COCC2=O)nc2c1cnn2C. The molecule has 110 valence electrons. The Labute approximate surface area is 119 Å². The lowest BCUT2D eigenvalue weighted by atomic mass is 10.3. The van der Waals surface area contributed by atoms with Crippen LogP contribution in [-0.2, 0) is 27.9 Å². The van der Waals surface area contributed by atoms with Crippen LogP contribution < -0.4 is 5.32 Å². The third-order valence-electron chi connectivity index (χ3n) is 3.23. The summed E-state index contributed by atoms with van der Waals surface area (Å²) in [6, 6.07) is 0. The minimum atomic E-state index is -0.383. The standard InChI is InChI=1S/C12H14N6O3/c1-13-11-7-3-14-17(2)12(7)16-8(15-11)4-18-9(19)5-21-6-10(18)20/h3H,4-6H2,1-2H3,(H,13,15,16). The molecule has 0 atom stereocenters. The number of hydrogen-bond acceptors (Lipinski definition) is 7. The number of morpholine rings is 1. The molecule has 2 amide bonds. The van der Waals surface area contributed by atoms with E-state index in [2.05, 4.69) is 20.4 Å². The highest BCUT2D eigenvalue weighted by Gasteiger charge is 2.27. The molecule has 9 nitrogen and oxygen atoms in total. The Hall–Kier alpha value is -2.55. The molecule has 0 spiro atoms. The maximum absolute atomic E-state index is 11.7. The second-order valence-corrected chi connectivity index (χ2v) is 4.61. The molecule has 0 saturated carbocycles. The second kappa shape index (κ2) is 5.09. The average Bonchev–Trinajstić information content (AvgIpc) is 2.84. The van der Waals surface area contributed by atoms with Crippen molar-refractivity contribution in [2.24, 2.45) is 7.05 Å². The van der Waals surface area contributed by atoms with E-state index in [1.807, 2.05) is 0 Å². The minimum Gasteiger partial charge on any atom is -0.372 e. The van der Waals surface area contributed by atoms with Gasteiger partial charge < -0.3 is 10.1 Å². The number of anilines is 1. The Kier molecular flexibility index (Phi) is 3.26. The van der Waals surface area contributed by atoms with Crippen molar-refractivity contribution in [2.45, 2.75) is 6.54 Å². The van der Waals surface area contributed by atoms with Crippen molar-refractivity contribution >= 4 is 28.7 Å². The van der Waals surface area contributed by atoms with Gasteiger partial charge in [-0.2, -0.15) is 5.10 Å². The van der Waals surface area contributed by atoms with E-state index in [0.29, 0.717) is 17.3 Å². The largest absolute Gasteiger partial charge is 0.372 e. The molecule has 0 bridgehead atoms. The smallest absolute Gasteiger partial charge is 0.255 e. The zero-order valence-electron chi connectivity index (χ0n) is 11.7. The van der Waals surface area contributed by atoms with E-state index in [4.69, 9.17) is 4.74 Å². The summed E-state index contributed by atoms with van der Waals surface area (Å²) in [6.45, 7) is -0.173. The average molecular weight is 290 g/mol. The van der Waals surface area contributed by atoms with Gasteiger partial charge in [0.1, 0.15) is 19.0 Å². The number of aryl methyl sites for hydroxylation is 1. The highest BCUT2D eigenvalue weighted by molar-refractivity contribution is 5.98. The quantitative estimate of drug-likeness (QED) is 0.745. The molecule has 1 aliphatic rings. The first-order valence-corrected chi connectivity index (χ1v) is 6.37. The number of fused-ring (bicyclic) bond motifs is 1. The Morgan fingerprint density at radius 3 is 2.67 bits per heavy atom. The lowest BCUT2D eigenvalue weighted by Crippen LogP contribution is -2.45. The van der Waals surface area contributed by atoms with Gasteiger partial charge >= 0.3 is 0 Å². The van der Waals surface area contributed by atoms with Crippen LogP contribution in [0.2, 0.25) is 0 Å². The Morgan fingerprint density at radius 1 is 1.29 bits per heavy atom. The molecule has 3 heterocycles. The van der Waals surface area contributed by atoms with Crippen molar-refractivity contribution in [2.75, 3.05) is 25.6 Å². The van der Waals surface area contributed by atoms with Gasteiger partial charge in [0.2, 0.25) is 0 Å². The molecule has 0 aromatic carbocycles. The van der Waals surface area contributed by atoms with Crippen LogP contribution in [0.1, 0.15) is 5.82 Å². The highest BCUT2D eigenvalue weighted by Crippen LogP contribution is 2.19. The Morgan fingerprint density at radius 2 is 2.00 bits per heavy atom. The first-order valence-electron chi connectivity index (χ1n) is 6.37. The molecule has 1 saturated heterocycles. The fourth-order valence-corrected chi connectivity index (χ4v) is 2.17. The first-order chi connectivity index (χ1) is 10.1. The van der Waals surface area contributed by atoms with Crippen molar-refractivity contribution in [3.05, 3.63) is 12.0 Å². The molecule has 2 aromatic rings. The molecular weight excluding hydrogens is 276 g/mol. The number of amides is 2. The molecular formula is C12H14N6O3. The number of carbonyl (C=O) groups excluding carboxylic acids is 2. The molecule has 21 heavy (non-hydrogen) atoms. The van der Waals surface area contributed by atoms with Crippen LogP contribution in [0.25, 0.3) is 11.0 Å². The fourth-order valence-electron chi connectivity index (χ4n) is 2.17. The van der Waals surface area contributed by atoms with E-state index in [0.717, 1.165) is 10.3 Å². The van der Waals surface area contributed by atoms with Gasteiger partial charge in [-0.1, -0.05) is 0 Å². The maximum Gasteiger partial charge on any atom is 0.255 e.